The number of hydrogen-bond donors (Lipinski definition) is 0. The molecule has 7 heteroatoms. The maximum Gasteiger partial charge on any atom is 0.254 e. The van der Waals surface area contributed by atoms with Gasteiger partial charge in [0.2, 0.25) is 5.88 Å². The number of morpholine rings is 1. The van der Waals surface area contributed by atoms with Crippen LogP contribution >= 0.6 is 0 Å². The lowest BCUT2D eigenvalue weighted by Crippen LogP contribution is -2.38. The van der Waals surface area contributed by atoms with Crippen molar-refractivity contribution in [1.82, 2.24) is 15.0 Å². The largest absolute Gasteiger partial charge is 0.378 e. The number of hydrogen-bond acceptors (Lipinski definition) is 6. The first kappa shape index (κ1) is 24.0. The van der Waals surface area contributed by atoms with Crippen LogP contribution in [0.5, 0.6) is 0 Å². The van der Waals surface area contributed by atoms with E-state index in [2.05, 4.69) is 34.0 Å². The third-order valence-electron chi connectivity index (χ3n) is 6.11. The van der Waals surface area contributed by atoms with Gasteiger partial charge in [0.15, 0.2) is 0 Å². The van der Waals surface area contributed by atoms with Crippen LogP contribution in [-0.2, 0) is 11.3 Å². The molecule has 1 aliphatic rings. The van der Waals surface area contributed by atoms with E-state index >= 15 is 0 Å². The molecule has 0 radical (unpaired) electrons. The van der Waals surface area contributed by atoms with Gasteiger partial charge in [0.1, 0.15) is 5.69 Å². The molecule has 0 spiro atoms. The summed E-state index contributed by atoms with van der Waals surface area (Å²) in [6, 6.07) is 16.0. The Hall–Kier alpha value is -3.16. The Morgan fingerprint density at radius 2 is 1.74 bits per heavy atom. The molecule has 0 saturated carbocycles. The van der Waals surface area contributed by atoms with Crippen LogP contribution in [0.1, 0.15) is 27.0 Å². The zero-order chi connectivity index (χ0) is 24.1. The number of carbonyl (C=O) groups is 1. The molecular formula is C27H34N4O3. The molecule has 0 aliphatic carbocycles. The first-order valence-corrected chi connectivity index (χ1v) is 11.8. The predicted molar refractivity (Wildman–Crippen MR) is 134 cm³/mol. The smallest absolute Gasteiger partial charge is 0.254 e. The van der Waals surface area contributed by atoms with E-state index in [-0.39, 0.29) is 5.91 Å². The summed E-state index contributed by atoms with van der Waals surface area (Å²) >= 11 is 0. The van der Waals surface area contributed by atoms with Gasteiger partial charge in [-0.3, -0.25) is 4.79 Å². The lowest BCUT2D eigenvalue weighted by molar-refractivity contribution is 0.0731. The molecule has 0 unspecified atom stereocenters. The molecule has 1 amide bonds. The zero-order valence-corrected chi connectivity index (χ0v) is 20.6. The second-order valence-corrected chi connectivity index (χ2v) is 9.18. The number of benzene rings is 2. The highest BCUT2D eigenvalue weighted by molar-refractivity contribution is 5.94. The minimum Gasteiger partial charge on any atom is -0.378 e. The van der Waals surface area contributed by atoms with Crippen molar-refractivity contribution in [3.05, 3.63) is 70.8 Å². The van der Waals surface area contributed by atoms with E-state index in [4.69, 9.17) is 9.26 Å². The number of nitrogens with zero attached hydrogens (tertiary/aromatic N) is 4. The van der Waals surface area contributed by atoms with Gasteiger partial charge >= 0.3 is 0 Å². The van der Waals surface area contributed by atoms with E-state index in [9.17, 15) is 4.79 Å². The molecule has 1 fully saturated rings. The molecule has 3 aromatic rings. The van der Waals surface area contributed by atoms with Crippen molar-refractivity contribution in [2.75, 3.05) is 58.4 Å². The molecule has 0 atom stereocenters. The summed E-state index contributed by atoms with van der Waals surface area (Å²) in [6.45, 7) is 8.63. The van der Waals surface area contributed by atoms with Crippen molar-refractivity contribution in [1.29, 1.82) is 0 Å². The second kappa shape index (κ2) is 10.8. The van der Waals surface area contributed by atoms with Crippen LogP contribution in [-0.4, -0.2) is 74.4 Å². The molecule has 0 N–H and O–H groups in total. The van der Waals surface area contributed by atoms with Gasteiger partial charge in [-0.1, -0.05) is 46.6 Å². The minimum absolute atomic E-state index is 0.00571. The SMILES string of the molecule is Cc1ccc(C(=O)N(CCN(C)C)Cc2c(-c3cccc(C)c3)noc2N2CCOCC2)cc1. The van der Waals surface area contributed by atoms with E-state index in [0.717, 1.165) is 53.5 Å². The van der Waals surface area contributed by atoms with Gasteiger partial charge < -0.3 is 24.0 Å². The summed E-state index contributed by atoms with van der Waals surface area (Å²) in [7, 11) is 4.04. The average molecular weight is 463 g/mol. The van der Waals surface area contributed by atoms with E-state index in [1.54, 1.807) is 0 Å². The van der Waals surface area contributed by atoms with Crippen LogP contribution in [0, 0.1) is 13.8 Å². The van der Waals surface area contributed by atoms with Crippen molar-refractivity contribution in [3.8, 4) is 11.3 Å². The fourth-order valence-corrected chi connectivity index (χ4v) is 4.12. The van der Waals surface area contributed by atoms with Crippen LogP contribution in [0.15, 0.2) is 53.1 Å². The lowest BCUT2D eigenvalue weighted by Gasteiger charge is -2.29. The number of likely N-dealkylation sites (N-methyl/N-ethyl adjacent to an activating group) is 1. The predicted octanol–water partition coefficient (Wildman–Crippen LogP) is 4.00. The Balaban J connectivity index is 1.72. The first-order chi connectivity index (χ1) is 16.4. The number of carbonyl (C=O) groups excluding carboxylic acids is 1. The molecule has 1 aliphatic heterocycles. The number of ether oxygens (including phenoxy) is 1. The Kier molecular flexibility index (Phi) is 7.65. The van der Waals surface area contributed by atoms with Crippen LogP contribution in [0.3, 0.4) is 0 Å². The van der Waals surface area contributed by atoms with Crippen molar-refractivity contribution >= 4 is 11.8 Å². The van der Waals surface area contributed by atoms with Gasteiger partial charge in [-0.05, 0) is 46.1 Å². The summed E-state index contributed by atoms with van der Waals surface area (Å²) < 4.78 is 11.5. The molecule has 34 heavy (non-hydrogen) atoms. The number of amides is 1. The Bertz CT molecular complexity index is 1100. The molecule has 180 valence electrons. The quantitative estimate of drug-likeness (QED) is 0.504. The topological polar surface area (TPSA) is 62.1 Å². The molecule has 0 bridgehead atoms. The number of rotatable bonds is 8. The summed E-state index contributed by atoms with van der Waals surface area (Å²) in [6.07, 6.45) is 0. The van der Waals surface area contributed by atoms with E-state index in [1.165, 1.54) is 0 Å². The summed E-state index contributed by atoms with van der Waals surface area (Å²) in [5.41, 5.74) is 5.69. The Morgan fingerprint density at radius 1 is 1.00 bits per heavy atom. The average Bonchev–Trinajstić information content (AvgIpc) is 3.26. The lowest BCUT2D eigenvalue weighted by atomic mass is 10.0. The Morgan fingerprint density at radius 3 is 2.41 bits per heavy atom. The molecule has 2 heterocycles. The Labute approximate surface area is 201 Å². The van der Waals surface area contributed by atoms with Gasteiger partial charge in [-0.25, -0.2) is 0 Å². The highest BCUT2D eigenvalue weighted by Crippen LogP contribution is 2.33. The van der Waals surface area contributed by atoms with E-state index in [1.807, 2.05) is 62.3 Å². The molecule has 1 aromatic heterocycles. The summed E-state index contributed by atoms with van der Waals surface area (Å²) in [5, 5.41) is 4.49. The maximum absolute atomic E-state index is 13.6. The van der Waals surface area contributed by atoms with Gasteiger partial charge in [-0.15, -0.1) is 0 Å². The van der Waals surface area contributed by atoms with Gasteiger partial charge in [0, 0.05) is 37.3 Å². The monoisotopic (exact) mass is 462 g/mol. The molecule has 7 nitrogen and oxygen atoms in total. The van der Waals surface area contributed by atoms with Crippen LogP contribution in [0.2, 0.25) is 0 Å². The molecular weight excluding hydrogens is 428 g/mol. The highest BCUT2D eigenvalue weighted by atomic mass is 16.5. The van der Waals surface area contributed by atoms with Crippen molar-refractivity contribution in [3.63, 3.8) is 0 Å². The summed E-state index contributed by atoms with van der Waals surface area (Å²) in [5.74, 6) is 0.734. The first-order valence-electron chi connectivity index (χ1n) is 11.8. The number of anilines is 1. The molecule has 4 rings (SSSR count). The van der Waals surface area contributed by atoms with Gasteiger partial charge in [0.25, 0.3) is 5.91 Å². The maximum atomic E-state index is 13.6. The van der Waals surface area contributed by atoms with E-state index in [0.29, 0.717) is 31.9 Å². The second-order valence-electron chi connectivity index (χ2n) is 9.18. The molecule has 2 aromatic carbocycles. The van der Waals surface area contributed by atoms with Crippen LogP contribution < -0.4 is 4.90 Å². The fraction of sp³-hybridized carbons (Fsp3) is 0.407. The number of aromatic nitrogens is 1. The standard InChI is InChI=1S/C27H34N4O3/c1-20-8-10-22(11-9-20)26(32)31(13-12-29(3)4)19-24-25(23-7-5-6-21(2)18-23)28-34-27(24)30-14-16-33-17-15-30/h5-11,18H,12-17,19H2,1-4H3. The number of aryl methyl sites for hydroxylation is 2. The highest BCUT2D eigenvalue weighted by Gasteiger charge is 2.27. The molecule has 1 saturated heterocycles. The van der Waals surface area contributed by atoms with Crippen LogP contribution in [0.4, 0.5) is 5.88 Å². The normalized spacial score (nSPS) is 14.0. The van der Waals surface area contributed by atoms with E-state index < -0.39 is 0 Å². The van der Waals surface area contributed by atoms with Crippen molar-refractivity contribution in [2.24, 2.45) is 0 Å². The zero-order valence-electron chi connectivity index (χ0n) is 20.6. The third kappa shape index (κ3) is 5.66. The third-order valence-corrected chi connectivity index (χ3v) is 6.11. The van der Waals surface area contributed by atoms with Gasteiger partial charge in [-0.2, -0.15) is 0 Å². The van der Waals surface area contributed by atoms with Crippen molar-refractivity contribution in [2.45, 2.75) is 20.4 Å². The van der Waals surface area contributed by atoms with Gasteiger partial charge in [0.05, 0.1) is 25.3 Å². The fourth-order valence-electron chi connectivity index (χ4n) is 4.12. The minimum atomic E-state index is 0.00571. The van der Waals surface area contributed by atoms with Crippen LogP contribution in [0.25, 0.3) is 11.3 Å². The van der Waals surface area contributed by atoms with Crippen molar-refractivity contribution < 1.29 is 14.1 Å². The summed E-state index contributed by atoms with van der Waals surface area (Å²) in [4.78, 5) is 19.8.